The Morgan fingerprint density at radius 1 is 1.14 bits per heavy atom. The summed E-state index contributed by atoms with van der Waals surface area (Å²) in [6.07, 6.45) is 2.27. The number of amides is 1. The maximum absolute atomic E-state index is 10.3. The van der Waals surface area contributed by atoms with Gasteiger partial charge in [0, 0.05) is 0 Å². The van der Waals surface area contributed by atoms with E-state index in [0.717, 1.165) is 31.2 Å². The topological polar surface area (TPSA) is 98.8 Å². The highest BCUT2D eigenvalue weighted by atomic mass is 16.7. The minimum Gasteiger partial charge on any atom is -0.450 e. The van der Waals surface area contributed by atoms with Gasteiger partial charge in [-0.3, -0.25) is 0 Å². The van der Waals surface area contributed by atoms with Crippen LogP contribution in [0.5, 0.6) is 5.75 Å². The molecule has 1 rings (SSSR count). The number of hydrogen-bond donors (Lipinski definition) is 2. The number of hydrogen-bond acceptors (Lipinski definition) is 4. The van der Waals surface area contributed by atoms with Crippen LogP contribution in [0.15, 0.2) is 24.3 Å². The molecule has 1 aromatic rings. The molecule has 0 atom stereocenters. The molecule has 0 aliphatic carbocycles. The van der Waals surface area contributed by atoms with Crippen LogP contribution in [0.3, 0.4) is 0 Å². The van der Waals surface area contributed by atoms with Gasteiger partial charge >= 0.3 is 12.2 Å². The molecule has 1 amide bonds. The fourth-order valence-corrected chi connectivity index (χ4v) is 1.41. The standard InChI is InChI=1S/C8H9NO2.C7H14O3/c1-6-2-4-7(5-3-6)11-8(9)10;1-2-3-4-5-6-10-7(8)9/h2-5H,1H3,(H2,9,10);2-6H2,1H3,(H,8,9). The van der Waals surface area contributed by atoms with Crippen LogP contribution in [0.2, 0.25) is 0 Å². The summed E-state index contributed by atoms with van der Waals surface area (Å²) in [4.78, 5) is 20.1. The molecular weight excluding hydrogens is 274 g/mol. The lowest BCUT2D eigenvalue weighted by Gasteiger charge is -1.99. The second-order valence-corrected chi connectivity index (χ2v) is 4.41. The van der Waals surface area contributed by atoms with Crippen molar-refractivity contribution in [3.63, 3.8) is 0 Å². The molecule has 1 aromatic carbocycles. The van der Waals surface area contributed by atoms with Crippen LogP contribution in [0.25, 0.3) is 0 Å². The van der Waals surface area contributed by atoms with Gasteiger partial charge in [0.2, 0.25) is 0 Å². The van der Waals surface area contributed by atoms with Gasteiger partial charge in [0.15, 0.2) is 0 Å². The molecule has 118 valence electrons. The number of rotatable bonds is 6. The molecule has 0 unspecified atom stereocenters. The summed E-state index contributed by atoms with van der Waals surface area (Å²) in [5.41, 5.74) is 5.91. The Balaban J connectivity index is 0.000000384. The molecule has 0 aromatic heterocycles. The lowest BCUT2D eigenvalue weighted by atomic mass is 10.2. The summed E-state index contributed by atoms with van der Waals surface area (Å²) >= 11 is 0. The Kier molecular flexibility index (Phi) is 10.3. The third kappa shape index (κ3) is 12.5. The molecule has 6 heteroatoms. The smallest absolute Gasteiger partial charge is 0.450 e. The van der Waals surface area contributed by atoms with Crippen molar-refractivity contribution in [1.82, 2.24) is 0 Å². The summed E-state index contributed by atoms with van der Waals surface area (Å²) < 4.78 is 8.91. The number of carboxylic acid groups (broad SMARTS) is 1. The number of unbranched alkanes of at least 4 members (excludes halogenated alkanes) is 3. The first-order valence-electron chi connectivity index (χ1n) is 6.85. The highest BCUT2D eigenvalue weighted by Crippen LogP contribution is 2.10. The summed E-state index contributed by atoms with van der Waals surface area (Å²) in [5.74, 6) is 0.475. The molecule has 0 aliphatic rings. The van der Waals surface area contributed by atoms with Crippen LogP contribution in [0.4, 0.5) is 9.59 Å². The van der Waals surface area contributed by atoms with E-state index in [0.29, 0.717) is 12.4 Å². The normalized spacial score (nSPS) is 9.24. The van der Waals surface area contributed by atoms with E-state index in [2.05, 4.69) is 16.4 Å². The van der Waals surface area contributed by atoms with Gasteiger partial charge in [-0.1, -0.05) is 43.9 Å². The molecule has 0 heterocycles. The van der Waals surface area contributed by atoms with Gasteiger partial charge in [-0.2, -0.15) is 0 Å². The maximum Gasteiger partial charge on any atom is 0.505 e. The molecule has 0 bridgehead atoms. The Labute approximate surface area is 124 Å². The number of carbonyl (C=O) groups is 2. The Hall–Kier alpha value is -2.24. The van der Waals surface area contributed by atoms with Crippen LogP contribution in [-0.4, -0.2) is 24.0 Å². The molecule has 0 saturated heterocycles. The third-order valence-electron chi connectivity index (χ3n) is 2.46. The molecular formula is C15H23NO5. The van der Waals surface area contributed by atoms with Crippen molar-refractivity contribution in [2.24, 2.45) is 5.73 Å². The molecule has 0 fully saturated rings. The van der Waals surface area contributed by atoms with Gasteiger partial charge < -0.3 is 20.3 Å². The zero-order valence-electron chi connectivity index (χ0n) is 12.5. The quantitative estimate of drug-likeness (QED) is 0.616. The van der Waals surface area contributed by atoms with E-state index < -0.39 is 12.2 Å². The average molecular weight is 297 g/mol. The van der Waals surface area contributed by atoms with Crippen LogP contribution < -0.4 is 10.5 Å². The fraction of sp³-hybridized carbons (Fsp3) is 0.467. The van der Waals surface area contributed by atoms with Crippen molar-refractivity contribution in [1.29, 1.82) is 0 Å². The lowest BCUT2D eigenvalue weighted by molar-refractivity contribution is 0.0900. The second-order valence-electron chi connectivity index (χ2n) is 4.41. The summed E-state index contributed by atoms with van der Waals surface area (Å²) in [7, 11) is 0. The van der Waals surface area contributed by atoms with Gasteiger partial charge in [-0.25, -0.2) is 9.59 Å². The second kappa shape index (κ2) is 11.6. The van der Waals surface area contributed by atoms with Crippen molar-refractivity contribution in [2.45, 2.75) is 39.5 Å². The summed E-state index contributed by atoms with van der Waals surface area (Å²) in [6, 6.07) is 7.08. The first-order chi connectivity index (χ1) is 9.95. The Morgan fingerprint density at radius 2 is 1.76 bits per heavy atom. The molecule has 6 nitrogen and oxygen atoms in total. The van der Waals surface area contributed by atoms with Gasteiger partial charge in [0.05, 0.1) is 6.61 Å². The molecule has 3 N–H and O–H groups in total. The molecule has 0 spiro atoms. The Bertz CT molecular complexity index is 417. The van der Waals surface area contributed by atoms with E-state index in [1.807, 2.05) is 19.1 Å². The van der Waals surface area contributed by atoms with E-state index in [4.69, 9.17) is 10.8 Å². The van der Waals surface area contributed by atoms with Crippen LogP contribution in [-0.2, 0) is 4.74 Å². The van der Waals surface area contributed by atoms with Crippen LogP contribution in [0.1, 0.15) is 38.2 Å². The molecule has 0 radical (unpaired) electrons. The first kappa shape index (κ1) is 18.8. The zero-order valence-corrected chi connectivity index (χ0v) is 12.5. The van der Waals surface area contributed by atoms with Gasteiger partial charge in [-0.15, -0.1) is 0 Å². The lowest BCUT2D eigenvalue weighted by Crippen LogP contribution is -2.16. The number of carbonyl (C=O) groups excluding carboxylic acids is 1. The number of primary amides is 1. The van der Waals surface area contributed by atoms with Gasteiger partial charge in [0.25, 0.3) is 0 Å². The molecule has 0 aliphatic heterocycles. The van der Waals surface area contributed by atoms with Crippen molar-refractivity contribution < 1.29 is 24.2 Å². The van der Waals surface area contributed by atoms with E-state index >= 15 is 0 Å². The number of benzene rings is 1. The summed E-state index contributed by atoms with van der Waals surface area (Å²) in [6.45, 7) is 4.40. The average Bonchev–Trinajstić information content (AvgIpc) is 2.41. The highest BCUT2D eigenvalue weighted by Gasteiger charge is 1.95. The van der Waals surface area contributed by atoms with Crippen molar-refractivity contribution in [3.05, 3.63) is 29.8 Å². The fourth-order valence-electron chi connectivity index (χ4n) is 1.41. The number of aryl methyl sites for hydroxylation is 1. The largest absolute Gasteiger partial charge is 0.505 e. The predicted molar refractivity (Wildman–Crippen MR) is 79.5 cm³/mol. The number of nitrogens with two attached hydrogens (primary N) is 1. The van der Waals surface area contributed by atoms with Crippen LogP contribution in [0, 0.1) is 6.92 Å². The maximum atomic E-state index is 10.3. The monoisotopic (exact) mass is 297 g/mol. The zero-order chi connectivity index (χ0) is 16.1. The van der Waals surface area contributed by atoms with Gasteiger partial charge in [0.1, 0.15) is 5.75 Å². The van der Waals surface area contributed by atoms with E-state index in [1.54, 1.807) is 12.1 Å². The number of ether oxygens (including phenoxy) is 2. The minimum absolute atomic E-state index is 0.343. The van der Waals surface area contributed by atoms with E-state index in [1.165, 1.54) is 0 Å². The molecule has 21 heavy (non-hydrogen) atoms. The molecule has 0 saturated carbocycles. The predicted octanol–water partition coefficient (Wildman–Crippen LogP) is 3.71. The third-order valence-corrected chi connectivity index (χ3v) is 2.46. The summed E-state index contributed by atoms with van der Waals surface area (Å²) in [5, 5.41) is 8.05. The first-order valence-corrected chi connectivity index (χ1v) is 6.85. The van der Waals surface area contributed by atoms with Crippen LogP contribution >= 0.6 is 0 Å². The van der Waals surface area contributed by atoms with Crippen molar-refractivity contribution >= 4 is 12.2 Å². The van der Waals surface area contributed by atoms with E-state index in [-0.39, 0.29) is 0 Å². The SMILES string of the molecule is CCCCCCOC(=O)O.Cc1ccc(OC(N)=O)cc1. The minimum atomic E-state index is -1.17. The van der Waals surface area contributed by atoms with Crippen molar-refractivity contribution in [3.8, 4) is 5.75 Å². The Morgan fingerprint density at radius 3 is 2.24 bits per heavy atom. The van der Waals surface area contributed by atoms with Crippen molar-refractivity contribution in [2.75, 3.05) is 6.61 Å². The van der Waals surface area contributed by atoms with E-state index in [9.17, 15) is 9.59 Å². The highest BCUT2D eigenvalue weighted by molar-refractivity contribution is 5.67. The van der Waals surface area contributed by atoms with Gasteiger partial charge in [-0.05, 0) is 25.5 Å².